The monoisotopic (exact) mass is 468 g/mol. The van der Waals surface area contributed by atoms with Gasteiger partial charge in [-0.2, -0.15) is 0 Å². The van der Waals surface area contributed by atoms with E-state index in [0.29, 0.717) is 38.2 Å². The number of Topliss-reactive ketones (excluding diaryl/α,β-unsaturated/α-hetero) is 1. The van der Waals surface area contributed by atoms with E-state index in [0.717, 1.165) is 0 Å². The highest BCUT2D eigenvalue weighted by molar-refractivity contribution is 6.43. The third-order valence-electron chi connectivity index (χ3n) is 4.77. The molecule has 0 saturated carbocycles. The maximum absolute atomic E-state index is 12.8. The van der Waals surface area contributed by atoms with Crippen LogP contribution in [0.4, 0.5) is 0 Å². The first kappa shape index (κ1) is 21.9. The lowest BCUT2D eigenvalue weighted by atomic mass is 10.1. The number of hydrogen-bond donors (Lipinski definition) is 0. The number of halogens is 2. The quantitative estimate of drug-likeness (QED) is 0.314. The van der Waals surface area contributed by atoms with Crippen molar-refractivity contribution in [3.05, 3.63) is 99.2 Å². The fourth-order valence-corrected chi connectivity index (χ4v) is 3.61. The van der Waals surface area contributed by atoms with Gasteiger partial charge in [-0.25, -0.2) is 4.79 Å². The molecule has 0 N–H and O–H groups in total. The number of carbonyl (C=O) groups is 2. The second kappa shape index (κ2) is 9.47. The molecule has 162 valence electrons. The Morgan fingerprint density at radius 1 is 1.06 bits per heavy atom. The van der Waals surface area contributed by atoms with E-state index in [-0.39, 0.29) is 18.1 Å². The summed E-state index contributed by atoms with van der Waals surface area (Å²) in [7, 11) is 0. The van der Waals surface area contributed by atoms with E-state index in [2.05, 4.69) is 0 Å². The molecule has 0 radical (unpaired) electrons. The summed E-state index contributed by atoms with van der Waals surface area (Å²) in [6, 6.07) is 19.0. The van der Waals surface area contributed by atoms with Crippen molar-refractivity contribution < 1.29 is 23.8 Å². The van der Waals surface area contributed by atoms with E-state index in [1.54, 1.807) is 61.5 Å². The predicted octanol–water partition coefficient (Wildman–Crippen LogP) is 6.29. The number of allylic oxidation sites excluding steroid dienone is 1. The van der Waals surface area contributed by atoms with Gasteiger partial charge >= 0.3 is 5.97 Å². The minimum Gasteiger partial charge on any atom is -0.474 e. The lowest BCUT2D eigenvalue weighted by Gasteiger charge is -2.18. The lowest BCUT2D eigenvalue weighted by molar-refractivity contribution is -0.151. The zero-order chi connectivity index (χ0) is 22.7. The number of benzene rings is 3. The van der Waals surface area contributed by atoms with Crippen LogP contribution in [-0.2, 0) is 9.53 Å². The first-order chi connectivity index (χ1) is 15.5. The molecular formula is C25H18Cl2O5. The van der Waals surface area contributed by atoms with Crippen LogP contribution >= 0.6 is 23.2 Å². The molecule has 0 aliphatic carbocycles. The topological polar surface area (TPSA) is 61.8 Å². The maximum atomic E-state index is 12.8. The Morgan fingerprint density at radius 3 is 2.59 bits per heavy atom. The Balaban J connectivity index is 1.61. The van der Waals surface area contributed by atoms with E-state index in [1.165, 1.54) is 0 Å². The summed E-state index contributed by atoms with van der Waals surface area (Å²) in [6.07, 6.45) is 0.592. The van der Waals surface area contributed by atoms with Gasteiger partial charge < -0.3 is 14.2 Å². The van der Waals surface area contributed by atoms with Gasteiger partial charge in [0.25, 0.3) is 0 Å². The van der Waals surface area contributed by atoms with E-state index >= 15 is 0 Å². The molecule has 1 unspecified atom stereocenters. The van der Waals surface area contributed by atoms with Gasteiger partial charge in [0, 0.05) is 11.6 Å². The average Bonchev–Trinajstić information content (AvgIpc) is 3.10. The fourth-order valence-electron chi connectivity index (χ4n) is 3.25. The van der Waals surface area contributed by atoms with Crippen LogP contribution in [0.3, 0.4) is 0 Å². The Hall–Kier alpha value is -3.28. The van der Waals surface area contributed by atoms with E-state index in [1.807, 2.05) is 18.2 Å². The van der Waals surface area contributed by atoms with Gasteiger partial charge in [-0.15, -0.1) is 0 Å². The molecule has 3 aromatic rings. The molecule has 0 bridgehead atoms. The Bertz CT molecular complexity index is 1200. The molecule has 0 amide bonds. The number of rotatable bonds is 6. The standard InChI is InChI=1S/C25H18Cl2O5/c1-2-30-25(29)24(15-7-4-3-5-8-15)31-17-11-12-18-20(14-17)32-21(23(18)28)13-16-9-6-10-19(26)22(16)27/h3-14,24H,2H2,1H3. The van der Waals surface area contributed by atoms with Crippen molar-refractivity contribution in [1.82, 2.24) is 0 Å². The summed E-state index contributed by atoms with van der Waals surface area (Å²) in [5, 5.41) is 0.712. The van der Waals surface area contributed by atoms with Crippen molar-refractivity contribution >= 4 is 41.0 Å². The summed E-state index contributed by atoms with van der Waals surface area (Å²) in [6.45, 7) is 1.96. The highest BCUT2D eigenvalue weighted by Crippen LogP contribution is 2.37. The van der Waals surface area contributed by atoms with Crippen molar-refractivity contribution in [2.75, 3.05) is 6.61 Å². The number of esters is 1. The van der Waals surface area contributed by atoms with Gasteiger partial charge in [0.05, 0.1) is 22.2 Å². The van der Waals surface area contributed by atoms with Gasteiger partial charge in [-0.1, -0.05) is 65.7 Å². The molecule has 7 heteroatoms. The van der Waals surface area contributed by atoms with Crippen LogP contribution < -0.4 is 9.47 Å². The summed E-state index contributed by atoms with van der Waals surface area (Å²) in [5.74, 6) is 0.0133. The minimum absolute atomic E-state index is 0.117. The SMILES string of the molecule is CCOC(=O)C(Oc1ccc2c(c1)OC(=Cc1cccc(Cl)c1Cl)C2=O)c1ccccc1. The maximum Gasteiger partial charge on any atom is 0.352 e. The third kappa shape index (κ3) is 4.49. The summed E-state index contributed by atoms with van der Waals surface area (Å²) in [4.78, 5) is 25.2. The first-order valence-electron chi connectivity index (χ1n) is 9.88. The van der Waals surface area contributed by atoms with Gasteiger partial charge in [-0.3, -0.25) is 4.79 Å². The Labute approximate surface area is 195 Å². The number of fused-ring (bicyclic) bond motifs is 1. The molecular weight excluding hydrogens is 451 g/mol. The molecule has 0 aromatic heterocycles. The molecule has 1 aliphatic heterocycles. The van der Waals surface area contributed by atoms with Crippen LogP contribution in [-0.4, -0.2) is 18.4 Å². The van der Waals surface area contributed by atoms with Crippen molar-refractivity contribution in [3.8, 4) is 11.5 Å². The largest absolute Gasteiger partial charge is 0.474 e. The predicted molar refractivity (Wildman–Crippen MR) is 122 cm³/mol. The van der Waals surface area contributed by atoms with Crippen LogP contribution in [0.2, 0.25) is 10.0 Å². The molecule has 0 spiro atoms. The van der Waals surface area contributed by atoms with Crippen molar-refractivity contribution in [2.24, 2.45) is 0 Å². The Morgan fingerprint density at radius 2 is 1.84 bits per heavy atom. The zero-order valence-corrected chi connectivity index (χ0v) is 18.5. The summed E-state index contributed by atoms with van der Waals surface area (Å²) < 4.78 is 16.9. The molecule has 1 atom stereocenters. The normalized spacial score (nSPS) is 14.6. The summed E-state index contributed by atoms with van der Waals surface area (Å²) in [5.41, 5.74) is 1.60. The van der Waals surface area contributed by atoms with Crippen LogP contribution in [0.15, 0.2) is 72.5 Å². The second-order valence-electron chi connectivity index (χ2n) is 6.90. The van der Waals surface area contributed by atoms with Gasteiger partial charge in [0.1, 0.15) is 11.5 Å². The average molecular weight is 469 g/mol. The smallest absolute Gasteiger partial charge is 0.352 e. The second-order valence-corrected chi connectivity index (χ2v) is 7.69. The first-order valence-corrected chi connectivity index (χ1v) is 10.6. The zero-order valence-electron chi connectivity index (χ0n) is 17.0. The van der Waals surface area contributed by atoms with Crippen molar-refractivity contribution in [2.45, 2.75) is 13.0 Å². The van der Waals surface area contributed by atoms with Crippen molar-refractivity contribution in [1.29, 1.82) is 0 Å². The van der Waals surface area contributed by atoms with Gasteiger partial charge in [0.15, 0.2) is 5.76 Å². The van der Waals surface area contributed by atoms with Crippen molar-refractivity contribution in [3.63, 3.8) is 0 Å². The lowest BCUT2D eigenvalue weighted by Crippen LogP contribution is -2.21. The van der Waals surface area contributed by atoms with Crippen LogP contribution in [0.5, 0.6) is 11.5 Å². The highest BCUT2D eigenvalue weighted by atomic mass is 35.5. The number of carbonyl (C=O) groups excluding carboxylic acids is 2. The molecule has 3 aromatic carbocycles. The molecule has 5 nitrogen and oxygen atoms in total. The van der Waals surface area contributed by atoms with Crippen LogP contribution in [0.25, 0.3) is 6.08 Å². The number of ether oxygens (including phenoxy) is 3. The fraction of sp³-hybridized carbons (Fsp3) is 0.120. The van der Waals surface area contributed by atoms with E-state index < -0.39 is 12.1 Å². The molecule has 0 fully saturated rings. The number of hydrogen-bond acceptors (Lipinski definition) is 5. The number of ketones is 1. The van der Waals surface area contributed by atoms with Gasteiger partial charge in [0.2, 0.25) is 11.9 Å². The third-order valence-corrected chi connectivity index (χ3v) is 5.60. The van der Waals surface area contributed by atoms with E-state index in [9.17, 15) is 9.59 Å². The molecule has 0 saturated heterocycles. The molecule has 32 heavy (non-hydrogen) atoms. The molecule has 4 rings (SSSR count). The molecule has 1 aliphatic rings. The van der Waals surface area contributed by atoms with Crippen LogP contribution in [0, 0.1) is 0 Å². The van der Waals surface area contributed by atoms with E-state index in [4.69, 9.17) is 37.4 Å². The Kier molecular flexibility index (Phi) is 6.49. The van der Waals surface area contributed by atoms with Gasteiger partial charge in [-0.05, 0) is 36.8 Å². The highest BCUT2D eigenvalue weighted by Gasteiger charge is 2.30. The van der Waals surface area contributed by atoms with Crippen LogP contribution in [0.1, 0.15) is 34.5 Å². The molecule has 1 heterocycles. The minimum atomic E-state index is -0.952. The summed E-state index contributed by atoms with van der Waals surface area (Å²) >= 11 is 12.3.